The molecule has 38 valence electrons. The second-order valence-electron chi connectivity index (χ2n) is 0.861. The summed E-state index contributed by atoms with van der Waals surface area (Å²) in [6.07, 6.45) is 0. The molecule has 3 nitrogen and oxygen atoms in total. The molecule has 0 unspecified atom stereocenters. The minimum atomic E-state index is -1.38. The summed E-state index contributed by atoms with van der Waals surface area (Å²) >= 11 is 0. The number of Topliss-reactive ketones (excluding diaryl/α,β-unsaturated/α-hetero) is 1. The predicted molar refractivity (Wildman–Crippen MR) is 20.5 cm³/mol. The van der Waals surface area contributed by atoms with E-state index in [2.05, 4.69) is 0 Å². The van der Waals surface area contributed by atoms with Crippen LogP contribution >= 0.6 is 0 Å². The summed E-state index contributed by atoms with van der Waals surface area (Å²) in [6.45, 7) is 1.00. The standard InChI is InChI=1S/C3H4O3.2Na.2H/c1-2(4)3(5)6;;;;/h1H3,(H,5,6);;;;/q;2*+1;2*-1. The first-order chi connectivity index (χ1) is 2.64. The van der Waals surface area contributed by atoms with Gasteiger partial charge in [-0.15, -0.1) is 0 Å². The van der Waals surface area contributed by atoms with Crippen molar-refractivity contribution < 1.29 is 76.7 Å². The first-order valence-electron chi connectivity index (χ1n) is 1.38. The van der Waals surface area contributed by atoms with Gasteiger partial charge in [-0.1, -0.05) is 0 Å². The molecule has 0 amide bonds. The van der Waals surface area contributed by atoms with Gasteiger partial charge in [-0.25, -0.2) is 4.79 Å². The number of carbonyl (C=O) groups excluding carboxylic acids is 1. The van der Waals surface area contributed by atoms with Gasteiger partial charge in [0, 0.05) is 6.92 Å². The number of carboxylic acids is 1. The second kappa shape index (κ2) is 8.14. The minimum Gasteiger partial charge on any atom is -1.00 e. The smallest absolute Gasteiger partial charge is 1.00 e. The predicted octanol–water partition coefficient (Wildman–Crippen LogP) is -6.11. The van der Waals surface area contributed by atoms with Gasteiger partial charge in [0.1, 0.15) is 0 Å². The number of carbonyl (C=O) groups is 2. The average Bonchev–Trinajstić information content (AvgIpc) is 1.36. The van der Waals surface area contributed by atoms with Crippen molar-refractivity contribution in [3.8, 4) is 0 Å². The number of ketones is 1. The van der Waals surface area contributed by atoms with Crippen molar-refractivity contribution in [2.24, 2.45) is 0 Å². The van der Waals surface area contributed by atoms with Crippen molar-refractivity contribution in [2.75, 3.05) is 0 Å². The first-order valence-corrected chi connectivity index (χ1v) is 1.38. The molecule has 0 heterocycles. The van der Waals surface area contributed by atoms with Crippen molar-refractivity contribution >= 4 is 11.8 Å². The van der Waals surface area contributed by atoms with Gasteiger partial charge in [0.05, 0.1) is 0 Å². The molecule has 0 saturated heterocycles. The van der Waals surface area contributed by atoms with Crippen molar-refractivity contribution in [1.82, 2.24) is 0 Å². The zero-order valence-corrected chi connectivity index (χ0v) is 9.26. The summed E-state index contributed by atoms with van der Waals surface area (Å²) in [5.41, 5.74) is 0. The number of hydrogen-bond donors (Lipinski definition) is 1. The fraction of sp³-hybridized carbons (Fsp3) is 0.333. The molecule has 1 N–H and O–H groups in total. The first kappa shape index (κ1) is 16.1. The maximum absolute atomic E-state index is 9.54. The van der Waals surface area contributed by atoms with Crippen LogP contribution in [0.3, 0.4) is 0 Å². The molecule has 5 heteroatoms. The molecular weight excluding hydrogens is 130 g/mol. The molecule has 0 aliphatic heterocycles. The van der Waals surface area contributed by atoms with Crippen LogP contribution in [0.25, 0.3) is 0 Å². The number of hydrogen-bond acceptors (Lipinski definition) is 2. The zero-order chi connectivity index (χ0) is 5.15. The van der Waals surface area contributed by atoms with Gasteiger partial charge in [-0.05, 0) is 0 Å². The molecule has 0 fully saturated rings. The van der Waals surface area contributed by atoms with E-state index in [9.17, 15) is 9.59 Å². The Morgan fingerprint density at radius 2 is 1.50 bits per heavy atom. The Hall–Kier alpha value is 1.14. The second-order valence-corrected chi connectivity index (χ2v) is 0.861. The van der Waals surface area contributed by atoms with Crippen molar-refractivity contribution in [3.63, 3.8) is 0 Å². The van der Waals surface area contributed by atoms with E-state index >= 15 is 0 Å². The third-order valence-electron chi connectivity index (χ3n) is 0.301. The van der Waals surface area contributed by atoms with Gasteiger partial charge < -0.3 is 7.96 Å². The van der Waals surface area contributed by atoms with Crippen LogP contribution in [0.1, 0.15) is 9.78 Å². The van der Waals surface area contributed by atoms with Crippen LogP contribution in [-0.4, -0.2) is 16.9 Å². The Morgan fingerprint density at radius 1 is 1.38 bits per heavy atom. The Kier molecular flexibility index (Phi) is 16.3. The molecule has 0 spiro atoms. The largest absolute Gasteiger partial charge is 1.00 e. The Labute approximate surface area is 94.4 Å². The van der Waals surface area contributed by atoms with E-state index in [0.29, 0.717) is 0 Å². The van der Waals surface area contributed by atoms with Crippen LogP contribution in [-0.2, 0) is 9.59 Å². The molecule has 0 radical (unpaired) electrons. The van der Waals surface area contributed by atoms with Crippen molar-refractivity contribution in [2.45, 2.75) is 6.92 Å². The number of aliphatic carboxylic acids is 1. The molecule has 0 aromatic rings. The normalized spacial score (nSPS) is 5.62. The van der Waals surface area contributed by atoms with Gasteiger partial charge in [-0.2, -0.15) is 0 Å². The summed E-state index contributed by atoms with van der Waals surface area (Å²) in [6, 6.07) is 0. The zero-order valence-electron chi connectivity index (χ0n) is 7.26. The molecule has 0 aromatic carbocycles. The van der Waals surface area contributed by atoms with E-state index in [1.807, 2.05) is 0 Å². The van der Waals surface area contributed by atoms with E-state index < -0.39 is 11.8 Å². The molecule has 0 saturated carbocycles. The maximum atomic E-state index is 9.54. The molecule has 0 rings (SSSR count). The molecule has 0 aliphatic rings. The molecule has 0 atom stereocenters. The van der Waals surface area contributed by atoms with Crippen LogP contribution in [0.2, 0.25) is 0 Å². The fourth-order valence-electron chi connectivity index (χ4n) is 0. The van der Waals surface area contributed by atoms with E-state index in [4.69, 9.17) is 5.11 Å². The van der Waals surface area contributed by atoms with Crippen LogP contribution < -0.4 is 59.1 Å². The van der Waals surface area contributed by atoms with Gasteiger partial charge in [0.15, 0.2) is 0 Å². The topological polar surface area (TPSA) is 54.4 Å². The van der Waals surface area contributed by atoms with E-state index in [-0.39, 0.29) is 62.0 Å². The third-order valence-corrected chi connectivity index (χ3v) is 0.301. The van der Waals surface area contributed by atoms with Gasteiger partial charge >= 0.3 is 65.1 Å². The fourth-order valence-corrected chi connectivity index (χ4v) is 0. The average molecular weight is 136 g/mol. The number of carboxylic acid groups (broad SMARTS) is 1. The summed E-state index contributed by atoms with van der Waals surface area (Å²) in [7, 11) is 0. The maximum Gasteiger partial charge on any atom is 1.00 e. The molecular formula is C3H6Na2O3. The minimum absolute atomic E-state index is 0. The van der Waals surface area contributed by atoms with E-state index in [0.717, 1.165) is 6.92 Å². The van der Waals surface area contributed by atoms with Crippen LogP contribution in [0.4, 0.5) is 0 Å². The SMILES string of the molecule is CC(=O)C(=O)O.[H-].[H-].[Na+].[Na+]. The number of rotatable bonds is 1. The van der Waals surface area contributed by atoms with Crippen molar-refractivity contribution in [3.05, 3.63) is 0 Å². The van der Waals surface area contributed by atoms with Crippen molar-refractivity contribution in [1.29, 1.82) is 0 Å². The Balaban J connectivity index is -0.0000000208. The summed E-state index contributed by atoms with van der Waals surface area (Å²) in [5.74, 6) is -2.20. The van der Waals surface area contributed by atoms with Gasteiger partial charge in [0.25, 0.3) is 0 Å². The monoisotopic (exact) mass is 136 g/mol. The Bertz CT molecular complexity index is 85.7. The Morgan fingerprint density at radius 3 is 1.50 bits per heavy atom. The van der Waals surface area contributed by atoms with Gasteiger partial charge in [0.2, 0.25) is 5.78 Å². The summed E-state index contributed by atoms with van der Waals surface area (Å²) < 4.78 is 0. The van der Waals surface area contributed by atoms with Crippen LogP contribution in [0, 0.1) is 0 Å². The van der Waals surface area contributed by atoms with E-state index in [1.165, 1.54) is 0 Å². The third kappa shape index (κ3) is 10.2. The molecule has 0 aromatic heterocycles. The quantitative estimate of drug-likeness (QED) is 0.288. The molecule has 8 heavy (non-hydrogen) atoms. The van der Waals surface area contributed by atoms with Crippen LogP contribution in [0.5, 0.6) is 0 Å². The van der Waals surface area contributed by atoms with Crippen LogP contribution in [0.15, 0.2) is 0 Å². The van der Waals surface area contributed by atoms with E-state index in [1.54, 1.807) is 0 Å². The molecule has 0 bridgehead atoms. The molecule has 0 aliphatic carbocycles. The summed E-state index contributed by atoms with van der Waals surface area (Å²) in [4.78, 5) is 18.9. The summed E-state index contributed by atoms with van der Waals surface area (Å²) in [5, 5.41) is 7.64. The van der Waals surface area contributed by atoms with Gasteiger partial charge in [-0.3, -0.25) is 4.79 Å².